The number of anilines is 1. The van der Waals surface area contributed by atoms with E-state index in [1.807, 2.05) is 6.07 Å². The largest absolute Gasteiger partial charge is 0.478 e. The first kappa shape index (κ1) is 24.1. The summed E-state index contributed by atoms with van der Waals surface area (Å²) in [5, 5.41) is 15.8. The van der Waals surface area contributed by atoms with Crippen LogP contribution in [0.2, 0.25) is 10.0 Å². The number of fused-ring (bicyclic) bond motifs is 2. The van der Waals surface area contributed by atoms with Crippen molar-refractivity contribution in [1.82, 2.24) is 5.32 Å². The molecule has 3 aromatic rings. The Hall–Kier alpha value is -3.60. The molecule has 182 valence electrons. The quantitative estimate of drug-likeness (QED) is 0.467. The number of carbonyl (C=O) groups excluding carboxylic acids is 2. The first-order valence-electron chi connectivity index (χ1n) is 11.2. The van der Waals surface area contributed by atoms with Gasteiger partial charge in [-0.15, -0.1) is 0 Å². The van der Waals surface area contributed by atoms with Crippen LogP contribution >= 0.6 is 23.2 Å². The van der Waals surface area contributed by atoms with E-state index in [9.17, 15) is 14.0 Å². The molecule has 36 heavy (non-hydrogen) atoms. The SMILES string of the molecule is Cc1ccc(F)cc1C1NC(=O)CC(c2cc(Cl)ccc2OCC#N)C12C(=O)Nc1cc(Cl)ccc12. The highest BCUT2D eigenvalue weighted by Crippen LogP contribution is 2.59. The summed E-state index contributed by atoms with van der Waals surface area (Å²) in [4.78, 5) is 27.2. The Morgan fingerprint density at radius 1 is 1.08 bits per heavy atom. The zero-order valence-corrected chi connectivity index (χ0v) is 20.6. The highest BCUT2D eigenvalue weighted by molar-refractivity contribution is 6.31. The van der Waals surface area contributed by atoms with Crippen LogP contribution in [-0.2, 0) is 15.0 Å². The minimum absolute atomic E-state index is 0.0659. The molecule has 1 spiro atoms. The van der Waals surface area contributed by atoms with Gasteiger partial charge in [-0.3, -0.25) is 9.59 Å². The molecule has 6 nitrogen and oxygen atoms in total. The highest BCUT2D eigenvalue weighted by Gasteiger charge is 2.61. The number of carbonyl (C=O) groups is 2. The summed E-state index contributed by atoms with van der Waals surface area (Å²) in [7, 11) is 0. The molecule has 0 aliphatic carbocycles. The van der Waals surface area contributed by atoms with Gasteiger partial charge in [-0.05, 0) is 66.1 Å². The number of benzene rings is 3. The molecule has 2 amide bonds. The number of nitriles is 1. The lowest BCUT2D eigenvalue weighted by atomic mass is 9.59. The summed E-state index contributed by atoms with van der Waals surface area (Å²) in [6.45, 7) is 1.57. The molecule has 1 saturated heterocycles. The summed E-state index contributed by atoms with van der Waals surface area (Å²) < 4.78 is 20.2. The van der Waals surface area contributed by atoms with Gasteiger partial charge in [0.25, 0.3) is 0 Å². The maximum Gasteiger partial charge on any atom is 0.238 e. The van der Waals surface area contributed by atoms with Gasteiger partial charge in [0.2, 0.25) is 11.8 Å². The Morgan fingerprint density at radius 2 is 1.83 bits per heavy atom. The first-order valence-corrected chi connectivity index (χ1v) is 12.0. The second-order valence-corrected chi connectivity index (χ2v) is 9.77. The van der Waals surface area contributed by atoms with Crippen molar-refractivity contribution in [3.63, 3.8) is 0 Å². The number of rotatable bonds is 4. The average molecular weight is 524 g/mol. The van der Waals surface area contributed by atoms with Crippen molar-refractivity contribution in [2.45, 2.75) is 30.7 Å². The lowest BCUT2D eigenvalue weighted by Gasteiger charge is -2.47. The van der Waals surface area contributed by atoms with E-state index < -0.39 is 23.2 Å². The Morgan fingerprint density at radius 3 is 2.61 bits per heavy atom. The van der Waals surface area contributed by atoms with E-state index in [4.69, 9.17) is 33.2 Å². The van der Waals surface area contributed by atoms with E-state index in [2.05, 4.69) is 10.6 Å². The summed E-state index contributed by atoms with van der Waals surface area (Å²) in [5.74, 6) is -1.60. The Labute approximate surface area is 217 Å². The van der Waals surface area contributed by atoms with Gasteiger partial charge in [0, 0.05) is 33.6 Å². The molecule has 0 bridgehead atoms. The van der Waals surface area contributed by atoms with Crippen LogP contribution in [-0.4, -0.2) is 18.4 Å². The molecular weight excluding hydrogens is 504 g/mol. The van der Waals surface area contributed by atoms with E-state index in [0.717, 1.165) is 0 Å². The maximum atomic E-state index is 14.5. The number of ether oxygens (including phenoxy) is 1. The molecule has 2 aliphatic rings. The van der Waals surface area contributed by atoms with Crippen LogP contribution in [0.15, 0.2) is 54.6 Å². The molecule has 2 heterocycles. The fourth-order valence-corrected chi connectivity index (χ4v) is 5.83. The second kappa shape index (κ2) is 9.12. The summed E-state index contributed by atoms with van der Waals surface area (Å²) in [6.07, 6.45) is -0.0659. The molecule has 9 heteroatoms. The van der Waals surface area contributed by atoms with Crippen LogP contribution in [0.5, 0.6) is 5.75 Å². The third-order valence-electron chi connectivity index (χ3n) is 6.94. The molecule has 3 aromatic carbocycles. The van der Waals surface area contributed by atoms with E-state index in [1.165, 1.54) is 12.1 Å². The van der Waals surface area contributed by atoms with Crippen LogP contribution in [0.1, 0.15) is 40.6 Å². The third-order valence-corrected chi connectivity index (χ3v) is 7.41. The van der Waals surface area contributed by atoms with E-state index in [0.29, 0.717) is 43.7 Å². The van der Waals surface area contributed by atoms with Crippen LogP contribution < -0.4 is 15.4 Å². The van der Waals surface area contributed by atoms with E-state index >= 15 is 0 Å². The summed E-state index contributed by atoms with van der Waals surface area (Å²) >= 11 is 12.6. The lowest BCUT2D eigenvalue weighted by molar-refractivity contribution is -0.131. The Kier molecular flexibility index (Phi) is 6.11. The molecule has 2 aliphatic heterocycles. The van der Waals surface area contributed by atoms with E-state index in [-0.39, 0.29) is 24.8 Å². The van der Waals surface area contributed by atoms with Crippen LogP contribution in [0.4, 0.5) is 10.1 Å². The molecule has 0 saturated carbocycles. The fraction of sp³-hybridized carbons (Fsp3) is 0.222. The molecule has 2 N–H and O–H groups in total. The molecule has 3 atom stereocenters. The van der Waals surface area contributed by atoms with Crippen LogP contribution in [0.3, 0.4) is 0 Å². The monoisotopic (exact) mass is 523 g/mol. The van der Waals surface area contributed by atoms with E-state index in [1.54, 1.807) is 49.4 Å². The van der Waals surface area contributed by atoms with Gasteiger partial charge in [-0.25, -0.2) is 4.39 Å². The summed E-state index contributed by atoms with van der Waals surface area (Å²) in [6, 6.07) is 15.3. The van der Waals surface area contributed by atoms with Crippen LogP contribution in [0, 0.1) is 24.1 Å². The van der Waals surface area contributed by atoms with Gasteiger partial charge in [0.15, 0.2) is 6.61 Å². The van der Waals surface area contributed by atoms with Crippen molar-refractivity contribution in [3.8, 4) is 11.8 Å². The van der Waals surface area contributed by atoms with Crippen LogP contribution in [0.25, 0.3) is 0 Å². The number of aryl methyl sites for hydroxylation is 1. The molecule has 1 fully saturated rings. The van der Waals surface area contributed by atoms with Crippen molar-refractivity contribution in [3.05, 3.63) is 92.7 Å². The van der Waals surface area contributed by atoms with Crippen molar-refractivity contribution in [2.24, 2.45) is 0 Å². The minimum Gasteiger partial charge on any atom is -0.478 e. The smallest absolute Gasteiger partial charge is 0.238 e. The number of nitrogens with zero attached hydrogens (tertiary/aromatic N) is 1. The van der Waals surface area contributed by atoms with Gasteiger partial charge in [0.1, 0.15) is 23.1 Å². The molecule has 0 radical (unpaired) electrons. The molecule has 3 unspecified atom stereocenters. The van der Waals surface area contributed by atoms with Crippen molar-refractivity contribution >= 4 is 40.7 Å². The zero-order chi connectivity index (χ0) is 25.6. The van der Waals surface area contributed by atoms with Gasteiger partial charge in [-0.1, -0.05) is 35.3 Å². The third kappa shape index (κ3) is 3.78. The number of hydrogen-bond donors (Lipinski definition) is 2. The predicted molar refractivity (Wildman–Crippen MR) is 134 cm³/mol. The summed E-state index contributed by atoms with van der Waals surface area (Å²) in [5.41, 5.74) is 1.43. The van der Waals surface area contributed by atoms with Crippen molar-refractivity contribution < 1.29 is 18.7 Å². The molecule has 5 rings (SSSR count). The predicted octanol–water partition coefficient (Wildman–Crippen LogP) is 5.58. The first-order chi connectivity index (χ1) is 17.2. The molecule has 0 aromatic heterocycles. The van der Waals surface area contributed by atoms with Crippen molar-refractivity contribution in [2.75, 3.05) is 11.9 Å². The number of halogens is 3. The number of nitrogens with one attached hydrogen (secondary N) is 2. The van der Waals surface area contributed by atoms with Gasteiger partial charge in [-0.2, -0.15) is 5.26 Å². The standard InChI is InChI=1S/C27H20Cl2FN3O3/c1-14-2-5-17(30)12-18(14)25-27(20-6-3-16(29)11-22(20)32-26(27)35)21(13-24(34)33-25)19-10-15(28)4-7-23(19)36-9-8-31/h2-7,10-12,21,25H,9,13H2,1H3,(H,32,35)(H,33,34). The van der Waals surface area contributed by atoms with Gasteiger partial charge >= 0.3 is 0 Å². The zero-order valence-electron chi connectivity index (χ0n) is 19.1. The normalized spacial score (nSPS) is 22.5. The lowest BCUT2D eigenvalue weighted by Crippen LogP contribution is -2.57. The number of hydrogen-bond acceptors (Lipinski definition) is 4. The van der Waals surface area contributed by atoms with Gasteiger partial charge in [0.05, 0.1) is 6.04 Å². The number of amides is 2. The van der Waals surface area contributed by atoms with Gasteiger partial charge < -0.3 is 15.4 Å². The highest BCUT2D eigenvalue weighted by atomic mass is 35.5. The second-order valence-electron chi connectivity index (χ2n) is 8.90. The average Bonchev–Trinajstić information content (AvgIpc) is 3.12. The Bertz CT molecular complexity index is 1450. The maximum absolute atomic E-state index is 14.5. The molecular formula is C27H20Cl2FN3O3. The Balaban J connectivity index is 1.83. The fourth-order valence-electron chi connectivity index (χ4n) is 5.48. The minimum atomic E-state index is -1.39. The van der Waals surface area contributed by atoms with Crippen molar-refractivity contribution in [1.29, 1.82) is 5.26 Å². The number of piperidine rings is 1. The topological polar surface area (TPSA) is 91.2 Å².